The molecular formula is C33H44F2N10O. The van der Waals surface area contributed by atoms with E-state index in [0.29, 0.717) is 42.7 Å². The van der Waals surface area contributed by atoms with Crippen molar-refractivity contribution in [3.8, 4) is 11.4 Å². The molecular weight excluding hydrogens is 590 g/mol. The van der Waals surface area contributed by atoms with Crippen LogP contribution in [-0.4, -0.2) is 91.0 Å². The summed E-state index contributed by atoms with van der Waals surface area (Å²) in [6, 6.07) is 4.40. The lowest BCUT2D eigenvalue weighted by atomic mass is 9.68. The number of amides is 1. The van der Waals surface area contributed by atoms with Crippen LogP contribution in [0.4, 0.5) is 20.3 Å². The summed E-state index contributed by atoms with van der Waals surface area (Å²) in [6.07, 6.45) is 7.08. The largest absolute Gasteiger partial charge is 0.338 e. The Bertz CT molecular complexity index is 1610. The number of aromatic nitrogens is 6. The molecule has 0 unspecified atom stereocenters. The van der Waals surface area contributed by atoms with Crippen LogP contribution in [-0.2, 0) is 31.2 Å². The molecule has 1 amide bonds. The first-order chi connectivity index (χ1) is 22.3. The zero-order valence-corrected chi connectivity index (χ0v) is 26.9. The number of aryl methyl sites for hydroxylation is 2. The fourth-order valence-corrected chi connectivity index (χ4v) is 8.76. The van der Waals surface area contributed by atoms with Crippen LogP contribution in [0.5, 0.6) is 0 Å². The van der Waals surface area contributed by atoms with Gasteiger partial charge in [0.2, 0.25) is 11.7 Å². The molecule has 2 saturated heterocycles. The van der Waals surface area contributed by atoms with Gasteiger partial charge in [-0.1, -0.05) is 0 Å². The van der Waals surface area contributed by atoms with E-state index < -0.39 is 6.43 Å². The molecule has 3 aromatic rings. The molecule has 6 heterocycles. The standard InChI is InChI=1S/C33H44F2N10O/c1-21(46)43-15-9-28-27(18-43)32(39-45(28)24-7-13-42(14-8-24)23-5-10-33(11-6-23)19-36-20-33)44-12-3-4-22-16-26(31-37-40-41(2)38-31)25(30(34)35)17-29(22)44/h16-17,23-24,30,36H,3-15,18-20H2,1-2H3. The van der Waals surface area contributed by atoms with E-state index in [4.69, 9.17) is 5.10 Å². The Labute approximate surface area is 268 Å². The average Bonchev–Trinajstić information content (AvgIpc) is 3.66. The highest BCUT2D eigenvalue weighted by Gasteiger charge is 2.42. The first-order valence-electron chi connectivity index (χ1n) is 17.1. The second-order valence-electron chi connectivity index (χ2n) is 14.2. The highest BCUT2D eigenvalue weighted by atomic mass is 19.3. The van der Waals surface area contributed by atoms with Crippen molar-refractivity contribution in [1.29, 1.82) is 0 Å². The second kappa shape index (κ2) is 11.7. The van der Waals surface area contributed by atoms with Gasteiger partial charge in [0.15, 0.2) is 5.82 Å². The number of alkyl halides is 2. The SMILES string of the molecule is CC(=O)N1CCc2c(c(N3CCCc4cc(-c5nnn(C)n5)c(C(F)F)cc43)nn2C2CCN(C3CCC4(CC3)CNC4)CC2)C1. The van der Waals surface area contributed by atoms with E-state index in [0.717, 1.165) is 67.8 Å². The number of carbonyl (C=O) groups excluding carboxylic acids is 1. The number of benzene rings is 1. The molecule has 1 saturated carbocycles. The van der Waals surface area contributed by atoms with E-state index in [1.807, 2.05) is 11.0 Å². The van der Waals surface area contributed by atoms with Gasteiger partial charge in [0.25, 0.3) is 6.43 Å². The summed E-state index contributed by atoms with van der Waals surface area (Å²) in [5.74, 6) is 1.06. The minimum Gasteiger partial charge on any atom is -0.338 e. The Hall–Kier alpha value is -3.45. The van der Waals surface area contributed by atoms with Crippen LogP contribution in [0.3, 0.4) is 0 Å². The normalized spacial score (nSPS) is 22.3. The molecule has 0 radical (unpaired) electrons. The maximum absolute atomic E-state index is 14.5. The Balaban J connectivity index is 1.10. The minimum atomic E-state index is -2.70. The predicted octanol–water partition coefficient (Wildman–Crippen LogP) is 4.17. The van der Waals surface area contributed by atoms with Gasteiger partial charge in [-0.25, -0.2) is 8.78 Å². The van der Waals surface area contributed by atoms with Gasteiger partial charge in [0.1, 0.15) is 0 Å². The molecule has 5 aliphatic rings. The van der Waals surface area contributed by atoms with E-state index in [1.54, 1.807) is 20.0 Å². The molecule has 246 valence electrons. The van der Waals surface area contributed by atoms with Crippen molar-refractivity contribution in [2.24, 2.45) is 12.5 Å². The minimum absolute atomic E-state index is 0.0461. The Morgan fingerprint density at radius 2 is 1.78 bits per heavy atom. The maximum Gasteiger partial charge on any atom is 0.264 e. The summed E-state index contributed by atoms with van der Waals surface area (Å²) in [7, 11) is 1.63. The van der Waals surface area contributed by atoms with Gasteiger partial charge in [0.05, 0.1) is 19.6 Å². The van der Waals surface area contributed by atoms with E-state index >= 15 is 0 Å². The first kappa shape index (κ1) is 29.9. The van der Waals surface area contributed by atoms with Crippen LogP contribution in [0.25, 0.3) is 11.4 Å². The Morgan fingerprint density at radius 1 is 1.00 bits per heavy atom. The van der Waals surface area contributed by atoms with E-state index in [9.17, 15) is 13.6 Å². The van der Waals surface area contributed by atoms with Crippen LogP contribution in [0.1, 0.15) is 86.7 Å². The summed E-state index contributed by atoms with van der Waals surface area (Å²) < 4.78 is 31.3. The van der Waals surface area contributed by atoms with Gasteiger partial charge in [0, 0.05) is 86.7 Å². The predicted molar refractivity (Wildman–Crippen MR) is 169 cm³/mol. The number of hydrogen-bond donors (Lipinski definition) is 1. The van der Waals surface area contributed by atoms with Gasteiger partial charge < -0.3 is 20.0 Å². The number of piperidine rings is 1. The van der Waals surface area contributed by atoms with Crippen molar-refractivity contribution in [3.63, 3.8) is 0 Å². The van der Waals surface area contributed by atoms with Gasteiger partial charge >= 0.3 is 0 Å². The van der Waals surface area contributed by atoms with Crippen molar-refractivity contribution in [1.82, 2.24) is 45.1 Å². The van der Waals surface area contributed by atoms with Crippen molar-refractivity contribution < 1.29 is 13.6 Å². The number of hydrogen-bond acceptors (Lipinski definition) is 8. The van der Waals surface area contributed by atoms with E-state index in [2.05, 4.69) is 35.2 Å². The monoisotopic (exact) mass is 634 g/mol. The van der Waals surface area contributed by atoms with Crippen LogP contribution in [0, 0.1) is 5.41 Å². The molecule has 3 fully saturated rings. The fraction of sp³-hybridized carbons (Fsp3) is 0.667. The van der Waals surface area contributed by atoms with E-state index in [1.165, 1.54) is 49.3 Å². The van der Waals surface area contributed by atoms with Gasteiger partial charge in [-0.15, -0.1) is 10.2 Å². The topological polar surface area (TPSA) is 100 Å². The molecule has 0 bridgehead atoms. The molecule has 1 aromatic carbocycles. The molecule has 11 nitrogen and oxygen atoms in total. The molecule has 2 aromatic heterocycles. The number of rotatable bonds is 5. The van der Waals surface area contributed by atoms with Crippen LogP contribution >= 0.6 is 0 Å². The van der Waals surface area contributed by atoms with Crippen molar-refractivity contribution >= 4 is 17.4 Å². The number of fused-ring (bicyclic) bond motifs is 2. The van der Waals surface area contributed by atoms with E-state index in [-0.39, 0.29) is 17.3 Å². The third-order valence-electron chi connectivity index (χ3n) is 11.5. The number of nitrogens with one attached hydrogen (secondary N) is 1. The molecule has 46 heavy (non-hydrogen) atoms. The molecule has 1 aliphatic carbocycles. The summed E-state index contributed by atoms with van der Waals surface area (Å²) in [5.41, 5.74) is 4.78. The number of nitrogens with zero attached hydrogens (tertiary/aromatic N) is 9. The number of carbonyl (C=O) groups is 1. The zero-order chi connectivity index (χ0) is 31.6. The van der Waals surface area contributed by atoms with Crippen LogP contribution in [0.15, 0.2) is 12.1 Å². The summed E-state index contributed by atoms with van der Waals surface area (Å²) in [6.45, 7) is 8.01. The fourth-order valence-electron chi connectivity index (χ4n) is 8.76. The highest BCUT2D eigenvalue weighted by molar-refractivity contribution is 5.77. The molecule has 0 atom stereocenters. The quantitative estimate of drug-likeness (QED) is 0.447. The molecule has 4 aliphatic heterocycles. The van der Waals surface area contributed by atoms with Crippen molar-refractivity contribution in [2.75, 3.05) is 44.2 Å². The molecule has 1 spiro atoms. The van der Waals surface area contributed by atoms with Crippen molar-refractivity contribution in [3.05, 3.63) is 34.5 Å². The highest BCUT2D eigenvalue weighted by Crippen LogP contribution is 2.44. The molecule has 13 heteroatoms. The summed E-state index contributed by atoms with van der Waals surface area (Å²) in [5, 5.41) is 20.9. The summed E-state index contributed by atoms with van der Waals surface area (Å²) in [4.78, 5) is 20.5. The Morgan fingerprint density at radius 3 is 2.43 bits per heavy atom. The zero-order valence-electron chi connectivity index (χ0n) is 26.9. The lowest BCUT2D eigenvalue weighted by molar-refractivity contribution is -0.129. The summed E-state index contributed by atoms with van der Waals surface area (Å²) >= 11 is 0. The third kappa shape index (κ3) is 5.19. The van der Waals surface area contributed by atoms with Gasteiger partial charge in [-0.3, -0.25) is 9.48 Å². The van der Waals surface area contributed by atoms with Crippen LogP contribution < -0.4 is 10.2 Å². The second-order valence-corrected chi connectivity index (χ2v) is 14.2. The third-order valence-corrected chi connectivity index (χ3v) is 11.5. The first-order valence-corrected chi connectivity index (χ1v) is 17.1. The number of tetrazole rings is 1. The lowest BCUT2D eigenvalue weighted by Gasteiger charge is -2.50. The smallest absolute Gasteiger partial charge is 0.264 e. The Kier molecular flexibility index (Phi) is 7.58. The van der Waals surface area contributed by atoms with Gasteiger partial charge in [-0.2, -0.15) is 9.90 Å². The number of halogens is 2. The maximum atomic E-state index is 14.5. The number of anilines is 2. The number of likely N-dealkylation sites (tertiary alicyclic amines) is 1. The molecule has 8 rings (SSSR count). The van der Waals surface area contributed by atoms with Crippen molar-refractivity contribution in [2.45, 2.75) is 89.8 Å². The molecule has 1 N–H and O–H groups in total. The van der Waals surface area contributed by atoms with Crippen LogP contribution in [0.2, 0.25) is 0 Å². The van der Waals surface area contributed by atoms with Gasteiger partial charge in [-0.05, 0) is 79.7 Å². The lowest BCUT2D eigenvalue weighted by Crippen LogP contribution is -2.57. The average molecular weight is 635 g/mol.